The third-order valence-electron chi connectivity index (χ3n) is 4.68. The van der Waals surface area contributed by atoms with E-state index in [0.717, 1.165) is 24.5 Å². The molecule has 0 unspecified atom stereocenters. The van der Waals surface area contributed by atoms with Crippen molar-refractivity contribution in [3.8, 4) is 0 Å². The first-order chi connectivity index (χ1) is 10.3. The number of amides is 1. The van der Waals surface area contributed by atoms with Crippen LogP contribution in [-0.2, 0) is 23.9 Å². The summed E-state index contributed by atoms with van der Waals surface area (Å²) in [7, 11) is 0. The SMILES string of the molecule is N[C@@H]1CC[C@H](C(=O)N2CCc3ccc(C(F)(F)F)cc3C2)C1. The van der Waals surface area contributed by atoms with Crippen LogP contribution in [0.25, 0.3) is 0 Å². The molecule has 0 bridgehead atoms. The highest BCUT2D eigenvalue weighted by Gasteiger charge is 2.34. The number of halogens is 3. The predicted octanol–water partition coefficient (Wildman–Crippen LogP) is 2.72. The Balaban J connectivity index is 1.76. The van der Waals surface area contributed by atoms with Crippen molar-refractivity contribution in [3.05, 3.63) is 34.9 Å². The summed E-state index contributed by atoms with van der Waals surface area (Å²) in [6.45, 7) is 0.840. The first kappa shape index (κ1) is 15.3. The number of fused-ring (bicyclic) bond motifs is 1. The third-order valence-corrected chi connectivity index (χ3v) is 4.68. The molecular formula is C16H19F3N2O. The molecule has 0 saturated heterocycles. The van der Waals surface area contributed by atoms with Crippen LogP contribution in [0.4, 0.5) is 13.2 Å². The summed E-state index contributed by atoms with van der Waals surface area (Å²) in [6, 6.07) is 3.90. The van der Waals surface area contributed by atoms with Gasteiger partial charge >= 0.3 is 6.18 Å². The second-order valence-corrected chi connectivity index (χ2v) is 6.26. The average Bonchev–Trinajstić information content (AvgIpc) is 2.91. The van der Waals surface area contributed by atoms with Gasteiger partial charge in [0.25, 0.3) is 0 Å². The van der Waals surface area contributed by atoms with Crippen molar-refractivity contribution >= 4 is 5.91 Å². The highest BCUT2D eigenvalue weighted by atomic mass is 19.4. The van der Waals surface area contributed by atoms with Crippen LogP contribution in [-0.4, -0.2) is 23.4 Å². The fourth-order valence-corrected chi connectivity index (χ4v) is 3.42. The zero-order valence-corrected chi connectivity index (χ0v) is 12.2. The van der Waals surface area contributed by atoms with Crippen molar-refractivity contribution < 1.29 is 18.0 Å². The molecule has 1 aliphatic carbocycles. The highest BCUT2D eigenvalue weighted by molar-refractivity contribution is 5.79. The predicted molar refractivity (Wildman–Crippen MR) is 75.9 cm³/mol. The number of hydrogen-bond donors (Lipinski definition) is 1. The van der Waals surface area contributed by atoms with E-state index in [1.807, 2.05) is 0 Å². The Hall–Kier alpha value is -1.56. The van der Waals surface area contributed by atoms with E-state index < -0.39 is 11.7 Å². The van der Waals surface area contributed by atoms with Gasteiger partial charge in [0.05, 0.1) is 5.56 Å². The van der Waals surface area contributed by atoms with Crippen molar-refractivity contribution in [1.82, 2.24) is 4.90 Å². The number of nitrogens with two attached hydrogens (primary N) is 1. The van der Waals surface area contributed by atoms with E-state index in [1.54, 1.807) is 4.90 Å². The van der Waals surface area contributed by atoms with Crippen LogP contribution < -0.4 is 5.73 Å². The van der Waals surface area contributed by atoms with Crippen LogP contribution in [0.1, 0.15) is 36.0 Å². The smallest absolute Gasteiger partial charge is 0.338 e. The minimum absolute atomic E-state index is 0.0380. The molecular weight excluding hydrogens is 293 g/mol. The lowest BCUT2D eigenvalue weighted by atomic mass is 9.95. The summed E-state index contributed by atoms with van der Waals surface area (Å²) in [5.74, 6) is -0.0293. The third kappa shape index (κ3) is 2.97. The second kappa shape index (κ2) is 5.57. The van der Waals surface area contributed by atoms with E-state index in [-0.39, 0.29) is 24.4 Å². The van der Waals surface area contributed by atoms with E-state index in [9.17, 15) is 18.0 Å². The standard InChI is InChI=1S/C16H19F3N2O/c17-16(18,19)13-3-1-10-5-6-21(9-12(10)7-13)15(22)11-2-4-14(20)8-11/h1,3,7,11,14H,2,4-6,8-9,20H2/t11-,14+/m0/s1. The monoisotopic (exact) mass is 312 g/mol. The van der Waals surface area contributed by atoms with Gasteiger partial charge in [-0.05, 0) is 48.9 Å². The van der Waals surface area contributed by atoms with Crippen LogP contribution in [0.3, 0.4) is 0 Å². The van der Waals surface area contributed by atoms with Gasteiger partial charge in [-0.25, -0.2) is 0 Å². The molecule has 2 N–H and O–H groups in total. The molecule has 2 atom stereocenters. The van der Waals surface area contributed by atoms with Gasteiger partial charge in [0.1, 0.15) is 0 Å². The second-order valence-electron chi connectivity index (χ2n) is 6.26. The maximum atomic E-state index is 12.8. The fourth-order valence-electron chi connectivity index (χ4n) is 3.42. The summed E-state index contributed by atoms with van der Waals surface area (Å²) < 4.78 is 38.4. The van der Waals surface area contributed by atoms with E-state index in [2.05, 4.69) is 0 Å². The van der Waals surface area contributed by atoms with Crippen molar-refractivity contribution in [2.24, 2.45) is 11.7 Å². The summed E-state index contributed by atoms with van der Waals surface area (Å²) in [5.41, 5.74) is 6.70. The summed E-state index contributed by atoms with van der Waals surface area (Å²) in [4.78, 5) is 14.2. The van der Waals surface area contributed by atoms with Gasteiger partial charge in [-0.2, -0.15) is 13.2 Å². The number of alkyl halides is 3. The molecule has 1 saturated carbocycles. The number of nitrogens with zero attached hydrogens (tertiary/aromatic N) is 1. The molecule has 3 rings (SSSR count). The molecule has 2 aliphatic rings. The van der Waals surface area contributed by atoms with Crippen molar-refractivity contribution in [2.45, 2.75) is 44.4 Å². The van der Waals surface area contributed by atoms with E-state index in [4.69, 9.17) is 5.73 Å². The molecule has 120 valence electrons. The zero-order valence-electron chi connectivity index (χ0n) is 12.2. The van der Waals surface area contributed by atoms with Gasteiger partial charge in [-0.15, -0.1) is 0 Å². The summed E-state index contributed by atoms with van der Waals surface area (Å²) >= 11 is 0. The van der Waals surface area contributed by atoms with Crippen LogP contribution >= 0.6 is 0 Å². The molecule has 0 spiro atoms. The fraction of sp³-hybridized carbons (Fsp3) is 0.562. The van der Waals surface area contributed by atoms with Gasteiger partial charge < -0.3 is 10.6 Å². The topological polar surface area (TPSA) is 46.3 Å². The Morgan fingerprint density at radius 2 is 2.00 bits per heavy atom. The molecule has 1 fully saturated rings. The maximum absolute atomic E-state index is 12.8. The number of hydrogen-bond acceptors (Lipinski definition) is 2. The average molecular weight is 312 g/mol. The Morgan fingerprint density at radius 3 is 2.64 bits per heavy atom. The number of carbonyl (C=O) groups excluding carboxylic acids is 1. The van der Waals surface area contributed by atoms with E-state index in [1.165, 1.54) is 12.1 Å². The molecule has 3 nitrogen and oxygen atoms in total. The van der Waals surface area contributed by atoms with Gasteiger partial charge in [-0.1, -0.05) is 6.07 Å². The largest absolute Gasteiger partial charge is 0.416 e. The molecule has 1 aromatic carbocycles. The Kier molecular flexibility index (Phi) is 3.89. The Morgan fingerprint density at radius 1 is 1.23 bits per heavy atom. The zero-order chi connectivity index (χ0) is 15.9. The number of carbonyl (C=O) groups is 1. The minimum atomic E-state index is -4.35. The van der Waals surface area contributed by atoms with E-state index >= 15 is 0 Å². The number of rotatable bonds is 1. The van der Waals surface area contributed by atoms with Crippen LogP contribution in [0.2, 0.25) is 0 Å². The van der Waals surface area contributed by atoms with Gasteiger partial charge in [0.15, 0.2) is 0 Å². The van der Waals surface area contributed by atoms with Gasteiger partial charge in [0.2, 0.25) is 5.91 Å². The first-order valence-corrected chi connectivity index (χ1v) is 7.58. The van der Waals surface area contributed by atoms with Crippen LogP contribution in [0, 0.1) is 5.92 Å². The normalized spacial score (nSPS) is 25.2. The molecule has 0 aromatic heterocycles. The van der Waals surface area contributed by atoms with E-state index in [0.29, 0.717) is 24.9 Å². The molecule has 0 radical (unpaired) electrons. The van der Waals surface area contributed by atoms with Crippen LogP contribution in [0.15, 0.2) is 18.2 Å². The first-order valence-electron chi connectivity index (χ1n) is 7.58. The highest BCUT2D eigenvalue weighted by Crippen LogP contribution is 2.33. The summed E-state index contributed by atoms with van der Waals surface area (Å²) in [5, 5.41) is 0. The molecule has 1 heterocycles. The van der Waals surface area contributed by atoms with Crippen molar-refractivity contribution in [2.75, 3.05) is 6.54 Å². The minimum Gasteiger partial charge on any atom is -0.338 e. The quantitative estimate of drug-likeness (QED) is 0.866. The molecule has 6 heteroatoms. The molecule has 1 aliphatic heterocycles. The van der Waals surface area contributed by atoms with Gasteiger partial charge in [0, 0.05) is 25.0 Å². The molecule has 22 heavy (non-hydrogen) atoms. The molecule has 1 aromatic rings. The van der Waals surface area contributed by atoms with Crippen molar-refractivity contribution in [1.29, 1.82) is 0 Å². The molecule has 1 amide bonds. The lowest BCUT2D eigenvalue weighted by molar-refractivity contribution is -0.137. The van der Waals surface area contributed by atoms with Gasteiger partial charge in [-0.3, -0.25) is 4.79 Å². The Labute approximate surface area is 127 Å². The lowest BCUT2D eigenvalue weighted by Gasteiger charge is -2.31. The Bertz CT molecular complexity index is 585. The van der Waals surface area contributed by atoms with Crippen molar-refractivity contribution in [3.63, 3.8) is 0 Å². The van der Waals surface area contributed by atoms with Crippen LogP contribution in [0.5, 0.6) is 0 Å². The summed E-state index contributed by atoms with van der Waals surface area (Å²) in [6.07, 6.45) is -1.42. The maximum Gasteiger partial charge on any atom is 0.416 e. The number of benzene rings is 1. The lowest BCUT2D eigenvalue weighted by Crippen LogP contribution is -2.39.